The van der Waals surface area contributed by atoms with Gasteiger partial charge in [-0.1, -0.05) is 62.6 Å². The normalized spacial score (nSPS) is 11.8. The second kappa shape index (κ2) is 7.44. The molecule has 0 amide bonds. The first-order valence-corrected chi connectivity index (χ1v) is 11.1. The highest BCUT2D eigenvalue weighted by Gasteiger charge is 2.10. The summed E-state index contributed by atoms with van der Waals surface area (Å²) in [6.07, 6.45) is 4.92. The maximum absolute atomic E-state index is 6.16. The van der Waals surface area contributed by atoms with Gasteiger partial charge in [-0.05, 0) is 52.9 Å². The SMILES string of the molecule is CCCCCCOc1cccc2cc3c(cc12)sc1cc2ccccc2cc13. The van der Waals surface area contributed by atoms with Gasteiger partial charge in [0.25, 0.3) is 0 Å². The molecule has 0 aliphatic heterocycles. The molecule has 0 bridgehead atoms. The minimum Gasteiger partial charge on any atom is -0.493 e. The lowest BCUT2D eigenvalue weighted by atomic mass is 10.0. The molecule has 5 rings (SSSR count). The lowest BCUT2D eigenvalue weighted by molar-refractivity contribution is 0.308. The monoisotopic (exact) mass is 384 g/mol. The average Bonchev–Trinajstić information content (AvgIpc) is 3.07. The van der Waals surface area contributed by atoms with Crippen LogP contribution in [0, 0.1) is 0 Å². The van der Waals surface area contributed by atoms with Crippen molar-refractivity contribution in [2.24, 2.45) is 0 Å². The molecule has 0 unspecified atom stereocenters. The molecule has 28 heavy (non-hydrogen) atoms. The van der Waals surface area contributed by atoms with E-state index in [1.54, 1.807) is 0 Å². The molecule has 0 radical (unpaired) electrons. The summed E-state index contributed by atoms with van der Waals surface area (Å²) >= 11 is 1.88. The third kappa shape index (κ3) is 3.12. The van der Waals surface area contributed by atoms with E-state index in [4.69, 9.17) is 4.74 Å². The molecule has 0 aliphatic carbocycles. The van der Waals surface area contributed by atoms with Crippen molar-refractivity contribution < 1.29 is 4.74 Å². The number of thiophene rings is 1. The largest absolute Gasteiger partial charge is 0.493 e. The van der Waals surface area contributed by atoms with Crippen LogP contribution in [0.15, 0.2) is 66.7 Å². The lowest BCUT2D eigenvalue weighted by Gasteiger charge is -2.09. The lowest BCUT2D eigenvalue weighted by Crippen LogP contribution is -1.97. The second-order valence-electron chi connectivity index (χ2n) is 7.53. The summed E-state index contributed by atoms with van der Waals surface area (Å²) in [5, 5.41) is 7.79. The Kier molecular flexibility index (Phi) is 4.66. The first kappa shape index (κ1) is 17.5. The van der Waals surface area contributed by atoms with Crippen LogP contribution in [0.4, 0.5) is 0 Å². The second-order valence-corrected chi connectivity index (χ2v) is 8.62. The van der Waals surface area contributed by atoms with Gasteiger partial charge in [-0.25, -0.2) is 0 Å². The molecule has 1 heterocycles. The molecule has 5 aromatic rings. The predicted molar refractivity (Wildman–Crippen MR) is 124 cm³/mol. The number of fused-ring (bicyclic) bond motifs is 5. The molecule has 1 nitrogen and oxygen atoms in total. The van der Waals surface area contributed by atoms with Gasteiger partial charge < -0.3 is 4.74 Å². The van der Waals surface area contributed by atoms with Crippen molar-refractivity contribution in [3.8, 4) is 5.75 Å². The predicted octanol–water partition coefficient (Wildman–Crippen LogP) is 8.32. The molecule has 2 heteroatoms. The van der Waals surface area contributed by atoms with Crippen LogP contribution in [-0.2, 0) is 0 Å². The van der Waals surface area contributed by atoms with Crippen molar-refractivity contribution in [3.63, 3.8) is 0 Å². The van der Waals surface area contributed by atoms with Gasteiger partial charge in [0.2, 0.25) is 0 Å². The molecule has 0 saturated heterocycles. The number of unbranched alkanes of at least 4 members (excludes halogenated alkanes) is 3. The zero-order chi connectivity index (χ0) is 18.9. The van der Waals surface area contributed by atoms with Gasteiger partial charge in [-0.2, -0.15) is 0 Å². The van der Waals surface area contributed by atoms with Crippen LogP contribution in [0.5, 0.6) is 5.75 Å². The van der Waals surface area contributed by atoms with Crippen LogP contribution in [-0.4, -0.2) is 6.61 Å². The molecule has 140 valence electrons. The smallest absolute Gasteiger partial charge is 0.127 e. The van der Waals surface area contributed by atoms with Gasteiger partial charge in [0.15, 0.2) is 0 Å². The molecule has 4 aromatic carbocycles. The Bertz CT molecular complexity index is 1280. The fourth-order valence-electron chi connectivity index (χ4n) is 4.04. The van der Waals surface area contributed by atoms with Crippen molar-refractivity contribution in [1.29, 1.82) is 0 Å². The Labute approximate surface area is 169 Å². The van der Waals surface area contributed by atoms with E-state index in [1.165, 1.54) is 61.0 Å². The van der Waals surface area contributed by atoms with Gasteiger partial charge >= 0.3 is 0 Å². The Balaban J connectivity index is 1.59. The summed E-state index contributed by atoms with van der Waals surface area (Å²) in [5.74, 6) is 1.01. The van der Waals surface area contributed by atoms with Crippen LogP contribution in [0.3, 0.4) is 0 Å². The first-order valence-electron chi connectivity index (χ1n) is 10.2. The van der Waals surface area contributed by atoms with E-state index >= 15 is 0 Å². The van der Waals surface area contributed by atoms with Crippen LogP contribution in [0.2, 0.25) is 0 Å². The van der Waals surface area contributed by atoms with Crippen molar-refractivity contribution >= 4 is 53.1 Å². The molecule has 0 aliphatic rings. The van der Waals surface area contributed by atoms with E-state index in [9.17, 15) is 0 Å². The fraction of sp³-hybridized carbons (Fsp3) is 0.231. The van der Waals surface area contributed by atoms with Crippen molar-refractivity contribution in [1.82, 2.24) is 0 Å². The van der Waals surface area contributed by atoms with E-state index in [1.807, 2.05) is 11.3 Å². The Morgan fingerprint density at radius 1 is 0.679 bits per heavy atom. The van der Waals surface area contributed by atoms with Crippen molar-refractivity contribution in [2.75, 3.05) is 6.61 Å². The summed E-state index contributed by atoms with van der Waals surface area (Å²) in [5.41, 5.74) is 0. The minimum absolute atomic E-state index is 0.801. The van der Waals surface area contributed by atoms with E-state index in [0.29, 0.717) is 0 Å². The van der Waals surface area contributed by atoms with Gasteiger partial charge in [-0.3, -0.25) is 0 Å². The zero-order valence-electron chi connectivity index (χ0n) is 16.2. The van der Waals surface area contributed by atoms with Crippen molar-refractivity contribution in [3.05, 3.63) is 66.7 Å². The maximum atomic E-state index is 6.16. The number of ether oxygens (including phenoxy) is 1. The van der Waals surface area contributed by atoms with E-state index in [2.05, 4.69) is 73.7 Å². The Morgan fingerprint density at radius 2 is 1.39 bits per heavy atom. The molecule has 0 fully saturated rings. The molecular formula is C26H24OS. The molecule has 0 atom stereocenters. The number of benzene rings is 4. The highest BCUT2D eigenvalue weighted by atomic mass is 32.1. The molecule has 0 N–H and O–H groups in total. The third-order valence-corrected chi connectivity index (χ3v) is 6.67. The summed E-state index contributed by atoms with van der Waals surface area (Å²) in [4.78, 5) is 0. The van der Waals surface area contributed by atoms with Gasteiger partial charge in [0, 0.05) is 25.6 Å². The molecule has 0 spiro atoms. The fourth-order valence-corrected chi connectivity index (χ4v) is 5.20. The van der Waals surface area contributed by atoms with Crippen LogP contribution < -0.4 is 4.74 Å². The Hall–Kier alpha value is -2.58. The van der Waals surface area contributed by atoms with E-state index in [-0.39, 0.29) is 0 Å². The summed E-state index contributed by atoms with van der Waals surface area (Å²) in [6, 6.07) is 24.3. The minimum atomic E-state index is 0.801. The average molecular weight is 385 g/mol. The summed E-state index contributed by atoms with van der Waals surface area (Å²) in [6.45, 7) is 3.04. The summed E-state index contributed by atoms with van der Waals surface area (Å²) < 4.78 is 8.84. The van der Waals surface area contributed by atoms with Gasteiger partial charge in [-0.15, -0.1) is 11.3 Å². The Morgan fingerprint density at radius 3 is 2.21 bits per heavy atom. The maximum Gasteiger partial charge on any atom is 0.127 e. The third-order valence-electron chi connectivity index (χ3n) is 5.55. The number of rotatable bonds is 6. The van der Waals surface area contributed by atoms with Crippen LogP contribution in [0.1, 0.15) is 32.6 Å². The van der Waals surface area contributed by atoms with Crippen LogP contribution in [0.25, 0.3) is 41.7 Å². The van der Waals surface area contributed by atoms with Crippen LogP contribution >= 0.6 is 11.3 Å². The van der Waals surface area contributed by atoms with Gasteiger partial charge in [0.1, 0.15) is 5.75 Å². The number of hydrogen-bond acceptors (Lipinski definition) is 2. The standard InChI is InChI=1S/C26H24OS/c1-2-3-4-7-13-27-24-12-8-11-20-15-23-22-14-18-9-5-6-10-19(18)16-25(22)28-26(23)17-21(20)24/h5-6,8-12,14-17H,2-4,7,13H2,1H3. The van der Waals surface area contributed by atoms with Gasteiger partial charge in [0.05, 0.1) is 6.61 Å². The van der Waals surface area contributed by atoms with E-state index in [0.717, 1.165) is 18.8 Å². The summed E-state index contributed by atoms with van der Waals surface area (Å²) in [7, 11) is 0. The number of hydrogen-bond donors (Lipinski definition) is 0. The highest BCUT2D eigenvalue weighted by molar-refractivity contribution is 7.26. The highest BCUT2D eigenvalue weighted by Crippen LogP contribution is 2.40. The quantitative estimate of drug-likeness (QED) is 0.267. The molecule has 0 saturated carbocycles. The molecule has 1 aromatic heterocycles. The van der Waals surface area contributed by atoms with Crippen molar-refractivity contribution in [2.45, 2.75) is 32.6 Å². The molecular weight excluding hydrogens is 360 g/mol. The first-order chi connectivity index (χ1) is 13.8. The topological polar surface area (TPSA) is 9.23 Å². The zero-order valence-corrected chi connectivity index (χ0v) is 17.0. The van der Waals surface area contributed by atoms with E-state index < -0.39 is 0 Å².